The molecule has 0 spiro atoms. The van der Waals surface area contributed by atoms with E-state index in [2.05, 4.69) is 56.6 Å². The zero-order valence-corrected chi connectivity index (χ0v) is 27.2. The number of hydrogen-bond donors (Lipinski definition) is 1. The van der Waals surface area contributed by atoms with E-state index in [0.717, 1.165) is 67.8 Å². The summed E-state index contributed by atoms with van der Waals surface area (Å²) in [6.45, 7) is 15.8. The molecule has 2 aliphatic carbocycles. The van der Waals surface area contributed by atoms with Crippen molar-refractivity contribution < 1.29 is 18.7 Å². The number of fused-ring (bicyclic) bond motifs is 2. The number of H-pyrrole nitrogens is 1. The second-order valence-electron chi connectivity index (χ2n) is 13.8. The number of aryl methyl sites for hydroxylation is 3. The van der Waals surface area contributed by atoms with E-state index in [1.807, 2.05) is 6.07 Å². The third-order valence-electron chi connectivity index (χ3n) is 10.7. The monoisotopic (exact) mass is 604 g/mol. The number of aromatic nitrogens is 2. The Balaban J connectivity index is 1.21. The maximum Gasteiger partial charge on any atom is 0.410 e. The van der Waals surface area contributed by atoms with Crippen molar-refractivity contribution in [1.82, 2.24) is 19.8 Å². The minimum absolute atomic E-state index is 0.00708. The van der Waals surface area contributed by atoms with Crippen molar-refractivity contribution in [3.05, 3.63) is 64.2 Å². The quantitative estimate of drug-likeness (QED) is 0.269. The predicted octanol–water partition coefficient (Wildman–Crippen LogP) is 7.05. The summed E-state index contributed by atoms with van der Waals surface area (Å²) in [4.78, 5) is 26.7. The maximum absolute atomic E-state index is 14.3. The molecule has 3 aromatic rings. The van der Waals surface area contributed by atoms with E-state index in [9.17, 15) is 9.18 Å². The van der Waals surface area contributed by atoms with E-state index in [-0.39, 0.29) is 29.2 Å². The summed E-state index contributed by atoms with van der Waals surface area (Å²) in [5, 5.41) is 0. The molecule has 1 amide bonds. The van der Waals surface area contributed by atoms with Gasteiger partial charge in [-0.2, -0.15) is 0 Å². The van der Waals surface area contributed by atoms with Gasteiger partial charge in [0.25, 0.3) is 0 Å². The lowest BCUT2D eigenvalue weighted by atomic mass is 9.65. The summed E-state index contributed by atoms with van der Waals surface area (Å²) in [5.41, 5.74) is 6.34. The molecule has 1 saturated carbocycles. The van der Waals surface area contributed by atoms with Gasteiger partial charge in [0.2, 0.25) is 0 Å². The highest BCUT2D eigenvalue weighted by Crippen LogP contribution is 2.51. The lowest BCUT2D eigenvalue weighted by molar-refractivity contribution is -0.0676. The van der Waals surface area contributed by atoms with Gasteiger partial charge in [0.15, 0.2) is 0 Å². The molecule has 1 saturated heterocycles. The van der Waals surface area contributed by atoms with Crippen LogP contribution < -0.4 is 0 Å². The highest BCUT2D eigenvalue weighted by molar-refractivity contribution is 5.82. The number of carbonyl (C=O) groups is 1. The number of morpholine rings is 1. The first-order valence-corrected chi connectivity index (χ1v) is 16.7. The van der Waals surface area contributed by atoms with Gasteiger partial charge in [-0.3, -0.25) is 0 Å². The number of rotatable bonds is 10. The third-order valence-corrected chi connectivity index (χ3v) is 10.7. The molecule has 3 aliphatic rings. The van der Waals surface area contributed by atoms with Crippen LogP contribution in [0.1, 0.15) is 86.9 Å². The van der Waals surface area contributed by atoms with E-state index in [0.29, 0.717) is 39.1 Å². The van der Waals surface area contributed by atoms with Crippen LogP contribution in [0.5, 0.6) is 0 Å². The Bertz CT molecular complexity index is 1450. The van der Waals surface area contributed by atoms with Crippen molar-refractivity contribution >= 4 is 17.1 Å². The Morgan fingerprint density at radius 2 is 1.84 bits per heavy atom. The lowest BCUT2D eigenvalue weighted by Crippen LogP contribution is -2.52. The molecule has 0 bridgehead atoms. The van der Waals surface area contributed by atoms with Crippen molar-refractivity contribution in [3.8, 4) is 0 Å². The van der Waals surface area contributed by atoms with Gasteiger partial charge in [-0.15, -0.1) is 0 Å². The molecular formula is C36H49FN4O3. The van der Waals surface area contributed by atoms with Crippen molar-refractivity contribution in [2.24, 2.45) is 5.92 Å². The standard InChI is InChI=1S/C36H49FN4O3/c1-6-40(17-15-35(13-14-35)33-38-31-25(4)7-8-26(5)32(31)39-33)18-16-36(44-34(42)41-19-21-43-22-20-41)12-11-27-23-28(37)9-10-29(27)30(36)24(2)3/h7-10,23-24,30H,6,11-22H2,1-5H3,(H,38,39)/t30?,36-/m0/s1. The fourth-order valence-corrected chi connectivity index (χ4v) is 7.79. The number of benzene rings is 2. The van der Waals surface area contributed by atoms with Gasteiger partial charge >= 0.3 is 6.09 Å². The topological polar surface area (TPSA) is 70.7 Å². The molecule has 7 nitrogen and oxygen atoms in total. The van der Waals surface area contributed by atoms with Gasteiger partial charge in [0, 0.05) is 37.4 Å². The second kappa shape index (κ2) is 12.4. The zero-order chi connectivity index (χ0) is 31.1. The molecule has 44 heavy (non-hydrogen) atoms. The zero-order valence-electron chi connectivity index (χ0n) is 27.2. The SMILES string of the molecule is CCN(CCC1(c2nc3c(C)ccc(C)c3[nH]2)CC1)CC[C@@]1(OC(=O)N2CCOCC2)CCc2cc(F)ccc2C1C(C)C. The second-order valence-corrected chi connectivity index (χ2v) is 13.8. The van der Waals surface area contributed by atoms with Crippen LogP contribution in [-0.2, 0) is 21.3 Å². The minimum Gasteiger partial charge on any atom is -0.442 e. The molecule has 8 heteroatoms. The van der Waals surface area contributed by atoms with Gasteiger partial charge in [-0.25, -0.2) is 14.2 Å². The summed E-state index contributed by atoms with van der Waals surface area (Å²) >= 11 is 0. The fourth-order valence-electron chi connectivity index (χ4n) is 7.79. The number of halogens is 1. The molecule has 0 radical (unpaired) electrons. The molecule has 1 unspecified atom stereocenters. The fraction of sp³-hybridized carbons (Fsp3) is 0.611. The van der Waals surface area contributed by atoms with Crippen LogP contribution in [0.15, 0.2) is 30.3 Å². The number of carbonyl (C=O) groups excluding carboxylic acids is 1. The normalized spacial score (nSPS) is 22.9. The summed E-state index contributed by atoms with van der Waals surface area (Å²) in [6.07, 6.45) is 5.26. The maximum atomic E-state index is 14.3. The van der Waals surface area contributed by atoms with Crippen LogP contribution in [0.3, 0.4) is 0 Å². The largest absolute Gasteiger partial charge is 0.442 e. The number of amides is 1. The van der Waals surface area contributed by atoms with Gasteiger partial charge in [-0.05, 0) is 99.3 Å². The van der Waals surface area contributed by atoms with Gasteiger partial charge < -0.3 is 24.3 Å². The van der Waals surface area contributed by atoms with Crippen LogP contribution in [0, 0.1) is 25.6 Å². The smallest absolute Gasteiger partial charge is 0.410 e. The molecule has 1 aliphatic heterocycles. The first-order valence-electron chi connectivity index (χ1n) is 16.7. The summed E-state index contributed by atoms with van der Waals surface area (Å²) in [6, 6.07) is 9.49. The minimum atomic E-state index is -0.660. The third kappa shape index (κ3) is 6.00. The summed E-state index contributed by atoms with van der Waals surface area (Å²) < 4.78 is 26.4. The summed E-state index contributed by atoms with van der Waals surface area (Å²) in [5.74, 6) is 1.15. The number of ether oxygens (including phenoxy) is 2. The first-order chi connectivity index (χ1) is 21.1. The Kier molecular flexibility index (Phi) is 8.77. The molecule has 2 atom stereocenters. The highest BCUT2D eigenvalue weighted by atomic mass is 19.1. The van der Waals surface area contributed by atoms with Crippen molar-refractivity contribution in [3.63, 3.8) is 0 Å². The number of imidazole rings is 1. The highest BCUT2D eigenvalue weighted by Gasteiger charge is 2.49. The molecule has 2 aromatic carbocycles. The van der Waals surface area contributed by atoms with Crippen LogP contribution >= 0.6 is 0 Å². The first kappa shape index (κ1) is 31.0. The average molecular weight is 605 g/mol. The molecule has 2 fully saturated rings. The molecule has 6 rings (SSSR count). The van der Waals surface area contributed by atoms with Crippen LogP contribution in [-0.4, -0.2) is 77.4 Å². The number of nitrogens with zero attached hydrogens (tertiary/aromatic N) is 3. The van der Waals surface area contributed by atoms with Crippen LogP contribution in [0.2, 0.25) is 0 Å². The number of nitrogens with one attached hydrogen (secondary N) is 1. The van der Waals surface area contributed by atoms with E-state index in [1.165, 1.54) is 16.6 Å². The van der Waals surface area contributed by atoms with Crippen molar-refractivity contribution in [2.75, 3.05) is 45.9 Å². The van der Waals surface area contributed by atoms with Gasteiger partial charge in [0.05, 0.1) is 24.2 Å². The van der Waals surface area contributed by atoms with Crippen LogP contribution in [0.4, 0.5) is 9.18 Å². The summed E-state index contributed by atoms with van der Waals surface area (Å²) in [7, 11) is 0. The molecular weight excluding hydrogens is 555 g/mol. The number of hydrogen-bond acceptors (Lipinski definition) is 5. The van der Waals surface area contributed by atoms with Crippen molar-refractivity contribution in [2.45, 2.75) is 90.1 Å². The van der Waals surface area contributed by atoms with Crippen molar-refractivity contribution in [1.29, 1.82) is 0 Å². The van der Waals surface area contributed by atoms with E-state index >= 15 is 0 Å². The Labute approximate surface area is 261 Å². The molecule has 1 aromatic heterocycles. The predicted molar refractivity (Wildman–Crippen MR) is 172 cm³/mol. The van der Waals surface area contributed by atoms with Gasteiger partial charge in [0.1, 0.15) is 17.2 Å². The van der Waals surface area contributed by atoms with E-state index in [4.69, 9.17) is 14.5 Å². The number of aromatic amines is 1. The lowest BCUT2D eigenvalue weighted by Gasteiger charge is -2.48. The molecule has 2 heterocycles. The average Bonchev–Trinajstić information content (AvgIpc) is 3.66. The van der Waals surface area contributed by atoms with E-state index in [1.54, 1.807) is 17.0 Å². The van der Waals surface area contributed by atoms with Crippen LogP contribution in [0.25, 0.3) is 11.0 Å². The Morgan fingerprint density at radius 1 is 1.11 bits per heavy atom. The molecule has 238 valence electrons. The van der Waals surface area contributed by atoms with E-state index < -0.39 is 5.60 Å². The Hall–Kier alpha value is -2.97. The molecule has 1 N–H and O–H groups in total. The Morgan fingerprint density at radius 3 is 2.52 bits per heavy atom. The van der Waals surface area contributed by atoms with Gasteiger partial charge in [-0.1, -0.05) is 39.0 Å².